The van der Waals surface area contributed by atoms with Crippen LogP contribution < -0.4 is 0 Å². The largest absolute Gasteiger partial charge is 0.478 e. The maximum Gasteiger partial charge on any atom is 0.335 e. The van der Waals surface area contributed by atoms with Crippen molar-refractivity contribution in [3.63, 3.8) is 0 Å². The molecule has 1 atom stereocenters. The Morgan fingerprint density at radius 1 is 1.14 bits per heavy atom. The van der Waals surface area contributed by atoms with Gasteiger partial charge in [-0.05, 0) is 36.7 Å². The summed E-state index contributed by atoms with van der Waals surface area (Å²) in [4.78, 5) is 13.2. The Morgan fingerprint density at radius 2 is 1.86 bits per heavy atom. The SMILES string of the molecule is CN(Cc1cccc(C(=O)O)c1)C(CCO)c1ccccc1. The van der Waals surface area contributed by atoms with Crippen molar-refractivity contribution in [3.05, 3.63) is 71.3 Å². The first-order chi connectivity index (χ1) is 10.6. The highest BCUT2D eigenvalue weighted by Crippen LogP contribution is 2.24. The Labute approximate surface area is 130 Å². The molecular weight excluding hydrogens is 278 g/mol. The number of hydrogen-bond acceptors (Lipinski definition) is 3. The third kappa shape index (κ3) is 4.16. The standard InChI is InChI=1S/C18H21NO3/c1-19(13-14-6-5-9-16(12-14)18(21)22)17(10-11-20)15-7-3-2-4-8-15/h2-9,12,17,20H,10-11,13H2,1H3,(H,21,22). The van der Waals surface area contributed by atoms with Gasteiger partial charge < -0.3 is 10.2 Å². The summed E-state index contributed by atoms with van der Waals surface area (Å²) in [6.45, 7) is 0.736. The fourth-order valence-electron chi connectivity index (χ4n) is 2.64. The molecule has 4 heteroatoms. The van der Waals surface area contributed by atoms with Gasteiger partial charge in [0, 0.05) is 19.2 Å². The molecule has 116 valence electrons. The van der Waals surface area contributed by atoms with E-state index in [1.165, 1.54) is 0 Å². The molecule has 4 nitrogen and oxygen atoms in total. The van der Waals surface area contributed by atoms with E-state index in [2.05, 4.69) is 4.90 Å². The highest BCUT2D eigenvalue weighted by molar-refractivity contribution is 5.87. The lowest BCUT2D eigenvalue weighted by molar-refractivity contribution is 0.0696. The molecule has 0 fully saturated rings. The number of aliphatic hydroxyl groups excluding tert-OH is 1. The first-order valence-electron chi connectivity index (χ1n) is 7.30. The van der Waals surface area contributed by atoms with Crippen LogP contribution in [0.25, 0.3) is 0 Å². The van der Waals surface area contributed by atoms with Gasteiger partial charge in [0.1, 0.15) is 0 Å². The molecule has 0 amide bonds. The van der Waals surface area contributed by atoms with Gasteiger partial charge in [-0.25, -0.2) is 4.79 Å². The van der Waals surface area contributed by atoms with Gasteiger partial charge in [-0.1, -0.05) is 42.5 Å². The highest BCUT2D eigenvalue weighted by atomic mass is 16.4. The second kappa shape index (κ2) is 7.73. The van der Waals surface area contributed by atoms with Crippen LogP contribution in [0.15, 0.2) is 54.6 Å². The quantitative estimate of drug-likeness (QED) is 0.825. The Bertz CT molecular complexity index is 613. The molecule has 0 spiro atoms. The number of rotatable bonds is 7. The maximum atomic E-state index is 11.1. The summed E-state index contributed by atoms with van der Waals surface area (Å²) < 4.78 is 0. The normalized spacial score (nSPS) is 12.3. The topological polar surface area (TPSA) is 60.8 Å². The second-order valence-electron chi connectivity index (χ2n) is 5.36. The van der Waals surface area contributed by atoms with Crippen molar-refractivity contribution in [2.24, 2.45) is 0 Å². The third-order valence-corrected chi connectivity index (χ3v) is 3.72. The van der Waals surface area contributed by atoms with Gasteiger partial charge in [0.2, 0.25) is 0 Å². The molecule has 0 saturated heterocycles. The molecule has 0 bridgehead atoms. The molecule has 0 aliphatic heterocycles. The van der Waals surface area contributed by atoms with Crippen molar-refractivity contribution in [1.82, 2.24) is 4.90 Å². The van der Waals surface area contributed by atoms with Crippen LogP contribution in [0.1, 0.15) is 33.9 Å². The molecule has 0 heterocycles. The number of aromatic carboxylic acids is 1. The zero-order valence-electron chi connectivity index (χ0n) is 12.6. The third-order valence-electron chi connectivity index (χ3n) is 3.72. The number of nitrogens with zero attached hydrogens (tertiary/aromatic N) is 1. The summed E-state index contributed by atoms with van der Waals surface area (Å²) in [5.74, 6) is -0.917. The monoisotopic (exact) mass is 299 g/mol. The van der Waals surface area contributed by atoms with Gasteiger partial charge >= 0.3 is 5.97 Å². The number of benzene rings is 2. The predicted octanol–water partition coefficient (Wildman–Crippen LogP) is 2.94. The molecule has 2 N–H and O–H groups in total. The molecule has 1 unspecified atom stereocenters. The Balaban J connectivity index is 2.16. The van der Waals surface area contributed by atoms with Gasteiger partial charge in [0.05, 0.1) is 5.56 Å². The van der Waals surface area contributed by atoms with Gasteiger partial charge in [0.15, 0.2) is 0 Å². The van der Waals surface area contributed by atoms with E-state index in [9.17, 15) is 9.90 Å². The summed E-state index contributed by atoms with van der Waals surface area (Å²) in [7, 11) is 1.99. The van der Waals surface area contributed by atoms with Gasteiger partial charge in [-0.2, -0.15) is 0 Å². The lowest BCUT2D eigenvalue weighted by atomic mass is 10.0. The van der Waals surface area contributed by atoms with E-state index >= 15 is 0 Å². The minimum Gasteiger partial charge on any atom is -0.478 e. The zero-order chi connectivity index (χ0) is 15.9. The van der Waals surface area contributed by atoms with Gasteiger partial charge in [-0.3, -0.25) is 4.90 Å². The van der Waals surface area contributed by atoms with Crippen molar-refractivity contribution in [2.75, 3.05) is 13.7 Å². The Kier molecular flexibility index (Phi) is 5.69. The number of carboxylic acid groups (broad SMARTS) is 1. The molecule has 0 saturated carbocycles. The number of carboxylic acids is 1. The molecule has 2 aromatic carbocycles. The number of aliphatic hydroxyl groups is 1. The first kappa shape index (κ1) is 16.2. The summed E-state index contributed by atoms with van der Waals surface area (Å²) >= 11 is 0. The molecular formula is C18H21NO3. The molecule has 0 aliphatic carbocycles. The van der Waals surface area contributed by atoms with Crippen molar-refractivity contribution in [2.45, 2.75) is 19.0 Å². The van der Waals surface area contributed by atoms with Crippen LogP contribution in [-0.2, 0) is 6.54 Å². The maximum absolute atomic E-state index is 11.1. The average Bonchev–Trinajstić information content (AvgIpc) is 2.53. The second-order valence-corrected chi connectivity index (χ2v) is 5.36. The minimum atomic E-state index is -0.917. The fraction of sp³-hybridized carbons (Fsp3) is 0.278. The van der Waals surface area contributed by atoms with Crippen LogP contribution in [0.2, 0.25) is 0 Å². The van der Waals surface area contributed by atoms with Crippen LogP contribution in [0.5, 0.6) is 0 Å². The van der Waals surface area contributed by atoms with Crippen LogP contribution in [0, 0.1) is 0 Å². The Morgan fingerprint density at radius 3 is 2.50 bits per heavy atom. The van der Waals surface area contributed by atoms with E-state index in [-0.39, 0.29) is 12.6 Å². The van der Waals surface area contributed by atoms with E-state index in [1.807, 2.05) is 43.4 Å². The summed E-state index contributed by atoms with van der Waals surface area (Å²) in [5.41, 5.74) is 2.39. The van der Waals surface area contributed by atoms with Gasteiger partial charge in [0.25, 0.3) is 0 Å². The van der Waals surface area contributed by atoms with E-state index in [0.29, 0.717) is 18.5 Å². The number of carbonyl (C=O) groups is 1. The molecule has 2 aromatic rings. The predicted molar refractivity (Wildman–Crippen MR) is 85.8 cm³/mol. The summed E-state index contributed by atoms with van der Waals surface area (Å²) in [6, 6.07) is 17.1. The van der Waals surface area contributed by atoms with Crippen LogP contribution >= 0.6 is 0 Å². The number of hydrogen-bond donors (Lipinski definition) is 2. The first-order valence-corrected chi connectivity index (χ1v) is 7.30. The lowest BCUT2D eigenvalue weighted by Crippen LogP contribution is -2.25. The van der Waals surface area contributed by atoms with E-state index in [4.69, 9.17) is 5.11 Å². The van der Waals surface area contributed by atoms with Crippen LogP contribution in [0.4, 0.5) is 0 Å². The molecule has 22 heavy (non-hydrogen) atoms. The van der Waals surface area contributed by atoms with E-state index < -0.39 is 5.97 Å². The smallest absolute Gasteiger partial charge is 0.335 e. The van der Waals surface area contributed by atoms with Crippen LogP contribution in [0.3, 0.4) is 0 Å². The molecule has 0 aliphatic rings. The van der Waals surface area contributed by atoms with Crippen molar-refractivity contribution >= 4 is 5.97 Å². The minimum absolute atomic E-state index is 0.0969. The lowest BCUT2D eigenvalue weighted by Gasteiger charge is -2.28. The molecule has 2 rings (SSSR count). The van der Waals surface area contributed by atoms with E-state index in [1.54, 1.807) is 18.2 Å². The fourth-order valence-corrected chi connectivity index (χ4v) is 2.64. The van der Waals surface area contributed by atoms with E-state index in [0.717, 1.165) is 11.1 Å². The zero-order valence-corrected chi connectivity index (χ0v) is 12.6. The van der Waals surface area contributed by atoms with Crippen molar-refractivity contribution in [1.29, 1.82) is 0 Å². The van der Waals surface area contributed by atoms with Crippen LogP contribution in [-0.4, -0.2) is 34.7 Å². The van der Waals surface area contributed by atoms with Gasteiger partial charge in [-0.15, -0.1) is 0 Å². The average molecular weight is 299 g/mol. The van der Waals surface area contributed by atoms with Crippen molar-refractivity contribution in [3.8, 4) is 0 Å². The molecule has 0 aromatic heterocycles. The highest BCUT2D eigenvalue weighted by Gasteiger charge is 2.17. The molecule has 0 radical (unpaired) electrons. The summed E-state index contributed by atoms with van der Waals surface area (Å²) in [6.07, 6.45) is 0.638. The van der Waals surface area contributed by atoms with Crippen molar-refractivity contribution < 1.29 is 15.0 Å². The summed E-state index contributed by atoms with van der Waals surface area (Å²) in [5, 5.41) is 18.4. The Hall–Kier alpha value is -2.17.